The molecule has 1 unspecified atom stereocenters. The zero-order valence-corrected chi connectivity index (χ0v) is 13.7. The summed E-state index contributed by atoms with van der Waals surface area (Å²) in [7, 11) is 0. The molecular formula is C16H16F3N3O4. The van der Waals surface area contributed by atoms with E-state index >= 15 is 0 Å². The fraction of sp³-hybridized carbons (Fsp3) is 0.375. The fourth-order valence-electron chi connectivity index (χ4n) is 2.42. The van der Waals surface area contributed by atoms with E-state index < -0.39 is 36.1 Å². The lowest BCUT2D eigenvalue weighted by Crippen LogP contribution is -2.44. The summed E-state index contributed by atoms with van der Waals surface area (Å²) in [6.45, 7) is 1.65. The maximum atomic E-state index is 12.4. The molecule has 140 valence electrons. The number of para-hydroxylation sites is 1. The highest BCUT2D eigenvalue weighted by Gasteiger charge is 2.36. The van der Waals surface area contributed by atoms with Gasteiger partial charge in [-0.05, 0) is 18.6 Å². The number of carbonyl (C=O) groups is 2. The Hall–Kier alpha value is -2.91. The molecule has 0 fully saturated rings. The molecule has 1 aromatic heterocycles. The normalized spacial score (nSPS) is 12.8. The van der Waals surface area contributed by atoms with Crippen molar-refractivity contribution in [2.24, 2.45) is 0 Å². The minimum atomic E-state index is -4.73. The molecule has 1 heterocycles. The Morgan fingerprint density at radius 2 is 2.04 bits per heavy atom. The number of carboxylic acid groups (broad SMARTS) is 1. The molecule has 10 heteroatoms. The van der Waals surface area contributed by atoms with Gasteiger partial charge < -0.3 is 10.4 Å². The smallest absolute Gasteiger partial charge is 0.391 e. The van der Waals surface area contributed by atoms with Gasteiger partial charge in [0.2, 0.25) is 5.91 Å². The van der Waals surface area contributed by atoms with E-state index in [-0.39, 0.29) is 13.0 Å². The van der Waals surface area contributed by atoms with Crippen LogP contribution < -0.4 is 10.9 Å². The summed E-state index contributed by atoms with van der Waals surface area (Å²) < 4.78 is 38.2. The average molecular weight is 371 g/mol. The van der Waals surface area contributed by atoms with Crippen LogP contribution in [0.3, 0.4) is 0 Å². The molecule has 26 heavy (non-hydrogen) atoms. The first-order valence-corrected chi connectivity index (χ1v) is 7.62. The summed E-state index contributed by atoms with van der Waals surface area (Å²) in [5.41, 5.74) is 0.937. The molecule has 0 aliphatic rings. The highest BCUT2D eigenvalue weighted by Crippen LogP contribution is 2.21. The number of hydrogen-bond acceptors (Lipinski definition) is 4. The first kappa shape index (κ1) is 19.4. The molecule has 0 radical (unpaired) electrons. The number of carboxylic acids is 1. The Morgan fingerprint density at radius 1 is 1.35 bits per heavy atom. The van der Waals surface area contributed by atoms with E-state index in [1.807, 2.05) is 5.32 Å². The van der Waals surface area contributed by atoms with Crippen LogP contribution in [-0.4, -0.2) is 38.8 Å². The number of carbonyl (C=O) groups excluding carboxylic acids is 1. The molecule has 1 atom stereocenters. The molecule has 2 aromatic rings. The molecule has 2 rings (SSSR count). The Kier molecular flexibility index (Phi) is 5.63. The lowest BCUT2D eigenvalue weighted by Gasteiger charge is -2.16. The van der Waals surface area contributed by atoms with Crippen LogP contribution in [0.2, 0.25) is 0 Å². The van der Waals surface area contributed by atoms with Crippen molar-refractivity contribution in [1.82, 2.24) is 14.9 Å². The van der Waals surface area contributed by atoms with Crippen LogP contribution in [0.15, 0.2) is 29.3 Å². The van der Waals surface area contributed by atoms with Crippen molar-refractivity contribution >= 4 is 22.8 Å². The Bertz CT molecular complexity index is 892. The molecule has 2 N–H and O–H groups in total. The van der Waals surface area contributed by atoms with Crippen molar-refractivity contribution in [3.05, 3.63) is 40.4 Å². The van der Waals surface area contributed by atoms with Crippen molar-refractivity contribution in [1.29, 1.82) is 0 Å². The quantitative estimate of drug-likeness (QED) is 0.804. The summed E-state index contributed by atoms with van der Waals surface area (Å²) in [5, 5.41) is 10.9. The predicted molar refractivity (Wildman–Crippen MR) is 85.6 cm³/mol. The van der Waals surface area contributed by atoms with Gasteiger partial charge in [-0.15, -0.1) is 0 Å². The van der Waals surface area contributed by atoms with Crippen LogP contribution in [0, 0.1) is 6.92 Å². The van der Waals surface area contributed by atoms with E-state index in [1.54, 1.807) is 25.1 Å². The topological polar surface area (TPSA) is 101 Å². The number of fused-ring (bicyclic) bond motifs is 1. The van der Waals surface area contributed by atoms with Crippen molar-refractivity contribution < 1.29 is 27.9 Å². The molecule has 1 amide bonds. The number of amides is 1. The van der Waals surface area contributed by atoms with Crippen LogP contribution in [0.4, 0.5) is 13.2 Å². The number of aryl methyl sites for hydroxylation is 2. The molecule has 0 aliphatic heterocycles. The van der Waals surface area contributed by atoms with Crippen LogP contribution in [0.1, 0.15) is 18.4 Å². The number of rotatable bonds is 6. The van der Waals surface area contributed by atoms with E-state index in [9.17, 15) is 27.6 Å². The van der Waals surface area contributed by atoms with E-state index in [4.69, 9.17) is 5.11 Å². The summed E-state index contributed by atoms with van der Waals surface area (Å²) in [6, 6.07) is 2.99. The minimum Gasteiger partial charge on any atom is -0.480 e. The molecule has 0 bridgehead atoms. The Morgan fingerprint density at radius 3 is 2.65 bits per heavy atom. The number of aliphatic carboxylic acids is 1. The zero-order chi connectivity index (χ0) is 19.5. The monoisotopic (exact) mass is 371 g/mol. The molecule has 0 saturated carbocycles. The second-order valence-electron chi connectivity index (χ2n) is 5.74. The van der Waals surface area contributed by atoms with Gasteiger partial charge in [0.1, 0.15) is 6.04 Å². The van der Waals surface area contributed by atoms with Crippen molar-refractivity contribution in [2.75, 3.05) is 0 Å². The Balaban J connectivity index is 2.07. The Labute approximate surface area is 145 Å². The van der Waals surface area contributed by atoms with Crippen LogP contribution >= 0.6 is 0 Å². The van der Waals surface area contributed by atoms with Gasteiger partial charge in [-0.2, -0.15) is 13.2 Å². The van der Waals surface area contributed by atoms with E-state index in [2.05, 4.69) is 4.98 Å². The summed E-state index contributed by atoms with van der Waals surface area (Å²) in [6.07, 6.45) is -5.52. The van der Waals surface area contributed by atoms with Crippen LogP contribution in [0.25, 0.3) is 10.9 Å². The van der Waals surface area contributed by atoms with Crippen LogP contribution in [-0.2, 0) is 16.1 Å². The van der Waals surface area contributed by atoms with Gasteiger partial charge in [-0.1, -0.05) is 12.1 Å². The minimum absolute atomic E-state index is 0.139. The van der Waals surface area contributed by atoms with Gasteiger partial charge >= 0.3 is 12.1 Å². The lowest BCUT2D eigenvalue weighted by atomic mass is 10.1. The number of hydrogen-bond donors (Lipinski definition) is 2. The lowest BCUT2D eigenvalue weighted by molar-refractivity contribution is -0.160. The standard InChI is InChI=1S/C16H16F3N3O4/c1-9-3-2-4-10-13(9)20-8-22(14(10)24)6-5-12(23)21-11(15(25)26)7-16(17,18)19/h2-4,8,11H,5-7H2,1H3,(H,21,23)(H,25,26). The SMILES string of the molecule is Cc1cccc2c(=O)n(CCC(=O)NC(CC(F)(F)F)C(=O)O)cnc12. The highest BCUT2D eigenvalue weighted by molar-refractivity contribution is 5.83. The van der Waals surface area contributed by atoms with Gasteiger partial charge in [0, 0.05) is 13.0 Å². The van der Waals surface area contributed by atoms with Gasteiger partial charge in [-0.3, -0.25) is 14.2 Å². The molecule has 0 saturated heterocycles. The van der Waals surface area contributed by atoms with E-state index in [0.717, 1.165) is 10.1 Å². The summed E-state index contributed by atoms with van der Waals surface area (Å²) >= 11 is 0. The second kappa shape index (κ2) is 7.54. The van der Waals surface area contributed by atoms with Crippen molar-refractivity contribution in [2.45, 2.75) is 38.5 Å². The second-order valence-corrected chi connectivity index (χ2v) is 5.74. The molecular weight excluding hydrogens is 355 g/mol. The molecule has 7 nitrogen and oxygen atoms in total. The molecule has 0 aliphatic carbocycles. The third kappa shape index (κ3) is 4.80. The molecule has 1 aromatic carbocycles. The number of aromatic nitrogens is 2. The summed E-state index contributed by atoms with van der Waals surface area (Å²) in [4.78, 5) is 39.1. The molecule has 0 spiro atoms. The first-order chi connectivity index (χ1) is 12.1. The third-order valence-electron chi connectivity index (χ3n) is 3.70. The van der Waals surface area contributed by atoms with Gasteiger partial charge in [0.15, 0.2) is 0 Å². The van der Waals surface area contributed by atoms with Gasteiger partial charge in [-0.25, -0.2) is 9.78 Å². The maximum absolute atomic E-state index is 12.4. The largest absolute Gasteiger partial charge is 0.480 e. The summed E-state index contributed by atoms with van der Waals surface area (Å²) in [5.74, 6) is -2.69. The van der Waals surface area contributed by atoms with Crippen molar-refractivity contribution in [3.8, 4) is 0 Å². The number of alkyl halides is 3. The van der Waals surface area contributed by atoms with Crippen molar-refractivity contribution in [3.63, 3.8) is 0 Å². The van der Waals surface area contributed by atoms with Crippen LogP contribution in [0.5, 0.6) is 0 Å². The van der Waals surface area contributed by atoms with Gasteiger partial charge in [0.25, 0.3) is 5.56 Å². The number of halogens is 3. The number of benzene rings is 1. The third-order valence-corrected chi connectivity index (χ3v) is 3.70. The highest BCUT2D eigenvalue weighted by atomic mass is 19.4. The first-order valence-electron chi connectivity index (χ1n) is 7.62. The maximum Gasteiger partial charge on any atom is 0.391 e. The number of nitrogens with zero attached hydrogens (tertiary/aromatic N) is 2. The number of nitrogens with one attached hydrogen (secondary N) is 1. The average Bonchev–Trinajstić information content (AvgIpc) is 2.53. The van der Waals surface area contributed by atoms with E-state index in [0.29, 0.717) is 10.9 Å². The van der Waals surface area contributed by atoms with E-state index in [1.165, 1.54) is 6.33 Å². The fourth-order valence-corrected chi connectivity index (χ4v) is 2.42. The zero-order valence-electron chi connectivity index (χ0n) is 13.7. The van der Waals surface area contributed by atoms with Gasteiger partial charge in [0.05, 0.1) is 23.7 Å². The predicted octanol–water partition coefficient (Wildman–Crippen LogP) is 1.62.